The summed E-state index contributed by atoms with van der Waals surface area (Å²) in [5.41, 5.74) is -1.03. The van der Waals surface area contributed by atoms with E-state index in [0.29, 0.717) is 5.52 Å². The molecule has 2 aromatic heterocycles. The van der Waals surface area contributed by atoms with Crippen LogP contribution in [0, 0.1) is 0 Å². The van der Waals surface area contributed by atoms with Crippen LogP contribution in [-0.2, 0) is 36.8 Å². The van der Waals surface area contributed by atoms with E-state index in [9.17, 15) is 26.4 Å². The molecule has 0 saturated carbocycles. The first-order valence-electron chi connectivity index (χ1n) is 7.18. The van der Waals surface area contributed by atoms with E-state index < -0.39 is 34.2 Å². The molecule has 12 heteroatoms. The zero-order chi connectivity index (χ0) is 19.3. The maximum absolute atomic E-state index is 12.9. The molecular weight excluding hydrogens is 377 g/mol. The number of halogens is 3. The molecule has 0 bridgehead atoms. The van der Waals surface area contributed by atoms with Gasteiger partial charge in [-0.25, -0.2) is 17.9 Å². The lowest BCUT2D eigenvalue weighted by molar-refractivity contribution is -0.142. The third-order valence-corrected chi connectivity index (χ3v) is 5.10. The van der Waals surface area contributed by atoms with E-state index in [1.165, 1.54) is 30.8 Å². The Hall–Kier alpha value is -2.60. The topological polar surface area (TPSA) is 99.1 Å². The van der Waals surface area contributed by atoms with E-state index in [1.807, 2.05) is 0 Å². The summed E-state index contributed by atoms with van der Waals surface area (Å²) in [5, 5.41) is 3.31. The molecular formula is C14H13F3N4O4S. The fraction of sp³-hybridized carbons (Fsp3) is 0.286. The molecule has 8 nitrogen and oxygen atoms in total. The van der Waals surface area contributed by atoms with Crippen LogP contribution >= 0.6 is 0 Å². The van der Waals surface area contributed by atoms with Gasteiger partial charge >= 0.3 is 11.9 Å². The molecule has 0 saturated heterocycles. The second-order valence-corrected chi connectivity index (χ2v) is 7.32. The fourth-order valence-corrected chi connectivity index (χ4v) is 3.46. The fourth-order valence-electron chi connectivity index (χ4n) is 2.44. The number of rotatable bonds is 4. The van der Waals surface area contributed by atoms with Crippen LogP contribution in [0.15, 0.2) is 38.5 Å². The minimum atomic E-state index is -4.70. The van der Waals surface area contributed by atoms with Gasteiger partial charge in [-0.2, -0.15) is 18.3 Å². The second kappa shape index (κ2) is 5.99. The molecule has 0 aliphatic rings. The van der Waals surface area contributed by atoms with Crippen molar-refractivity contribution in [3.63, 3.8) is 0 Å². The lowest BCUT2D eigenvalue weighted by atomic mass is 10.2. The molecule has 1 aromatic carbocycles. The molecule has 0 aliphatic carbocycles. The van der Waals surface area contributed by atoms with Gasteiger partial charge in [-0.1, -0.05) is 0 Å². The van der Waals surface area contributed by atoms with E-state index in [-0.39, 0.29) is 16.0 Å². The van der Waals surface area contributed by atoms with Crippen LogP contribution in [0.5, 0.6) is 0 Å². The number of alkyl halides is 3. The number of aromatic nitrogens is 3. The van der Waals surface area contributed by atoms with E-state index >= 15 is 0 Å². The first-order valence-corrected chi connectivity index (χ1v) is 8.66. The molecule has 0 unspecified atom stereocenters. The Morgan fingerprint density at radius 1 is 1.27 bits per heavy atom. The summed E-state index contributed by atoms with van der Waals surface area (Å²) in [6.45, 7) is -0.595. The Balaban J connectivity index is 1.90. The summed E-state index contributed by atoms with van der Waals surface area (Å²) in [4.78, 5) is 11.2. The minimum absolute atomic E-state index is 0.0535. The smallest absolute Gasteiger partial charge is 0.408 e. The molecule has 3 rings (SSSR count). The Labute approximate surface area is 144 Å². The summed E-state index contributed by atoms with van der Waals surface area (Å²) < 4.78 is 72.7. The molecule has 3 aromatic rings. The molecule has 0 atom stereocenters. The summed E-state index contributed by atoms with van der Waals surface area (Å²) in [6.07, 6.45) is -3.61. The van der Waals surface area contributed by atoms with Crippen LogP contribution in [0.3, 0.4) is 0 Å². The SMILES string of the molecule is Cn1cc(CNS(=O)(=O)c2ccc3c(c2)oc(=O)n3C)c(C(F)(F)F)n1. The van der Waals surface area contributed by atoms with Crippen molar-refractivity contribution in [2.24, 2.45) is 14.1 Å². The van der Waals surface area contributed by atoms with Crippen LogP contribution in [0.4, 0.5) is 13.2 Å². The number of fused-ring (bicyclic) bond motifs is 1. The van der Waals surface area contributed by atoms with Gasteiger partial charge in [-0.3, -0.25) is 9.25 Å². The molecule has 140 valence electrons. The van der Waals surface area contributed by atoms with Crippen molar-refractivity contribution in [3.8, 4) is 0 Å². The lowest BCUT2D eigenvalue weighted by Crippen LogP contribution is -2.24. The second-order valence-electron chi connectivity index (χ2n) is 5.56. The average molecular weight is 390 g/mol. The number of hydrogen-bond acceptors (Lipinski definition) is 5. The highest BCUT2D eigenvalue weighted by Crippen LogP contribution is 2.30. The highest BCUT2D eigenvalue weighted by atomic mass is 32.2. The van der Waals surface area contributed by atoms with Gasteiger partial charge in [-0.15, -0.1) is 0 Å². The van der Waals surface area contributed by atoms with Crippen molar-refractivity contribution < 1.29 is 26.0 Å². The number of nitrogens with one attached hydrogen (secondary N) is 1. The minimum Gasteiger partial charge on any atom is -0.408 e. The zero-order valence-electron chi connectivity index (χ0n) is 13.5. The highest BCUT2D eigenvalue weighted by molar-refractivity contribution is 7.89. The van der Waals surface area contributed by atoms with Crippen molar-refractivity contribution in [2.75, 3.05) is 0 Å². The Morgan fingerprint density at radius 3 is 2.62 bits per heavy atom. The van der Waals surface area contributed by atoms with Gasteiger partial charge in [0.1, 0.15) is 0 Å². The van der Waals surface area contributed by atoms with Crippen molar-refractivity contribution in [1.29, 1.82) is 0 Å². The maximum atomic E-state index is 12.9. The average Bonchev–Trinajstić information content (AvgIpc) is 3.05. The molecule has 2 heterocycles. The van der Waals surface area contributed by atoms with Crippen LogP contribution in [-0.4, -0.2) is 22.8 Å². The number of sulfonamides is 1. The molecule has 0 fully saturated rings. The first kappa shape index (κ1) is 18.2. The van der Waals surface area contributed by atoms with Crippen molar-refractivity contribution in [2.45, 2.75) is 17.6 Å². The molecule has 0 spiro atoms. The van der Waals surface area contributed by atoms with Gasteiger partial charge in [0.25, 0.3) is 0 Å². The maximum Gasteiger partial charge on any atom is 0.435 e. The largest absolute Gasteiger partial charge is 0.435 e. The number of oxazole rings is 1. The van der Waals surface area contributed by atoms with Crippen molar-refractivity contribution in [1.82, 2.24) is 19.1 Å². The Kier molecular flexibility index (Phi) is 4.19. The summed E-state index contributed by atoms with van der Waals surface area (Å²) in [5.74, 6) is -0.660. The lowest BCUT2D eigenvalue weighted by Gasteiger charge is -2.08. The van der Waals surface area contributed by atoms with Crippen molar-refractivity contribution in [3.05, 3.63) is 46.2 Å². The number of nitrogens with zero attached hydrogens (tertiary/aromatic N) is 3. The number of aryl methyl sites for hydroxylation is 2. The molecule has 26 heavy (non-hydrogen) atoms. The number of benzene rings is 1. The van der Waals surface area contributed by atoms with Gasteiger partial charge in [0.15, 0.2) is 11.3 Å². The van der Waals surface area contributed by atoms with Crippen LogP contribution < -0.4 is 10.5 Å². The van der Waals surface area contributed by atoms with Crippen LogP contribution in [0.25, 0.3) is 11.1 Å². The molecule has 0 aliphatic heterocycles. The van der Waals surface area contributed by atoms with Crippen LogP contribution in [0.1, 0.15) is 11.3 Å². The third kappa shape index (κ3) is 3.24. The van der Waals surface area contributed by atoms with Crippen molar-refractivity contribution >= 4 is 21.1 Å². The van der Waals surface area contributed by atoms with Crippen LogP contribution in [0.2, 0.25) is 0 Å². The predicted molar refractivity (Wildman–Crippen MR) is 83.7 cm³/mol. The first-order chi connectivity index (χ1) is 12.0. The summed E-state index contributed by atoms with van der Waals surface area (Å²) in [6, 6.07) is 3.74. The quantitative estimate of drug-likeness (QED) is 0.725. The summed E-state index contributed by atoms with van der Waals surface area (Å²) >= 11 is 0. The molecule has 0 radical (unpaired) electrons. The molecule has 0 amide bonds. The van der Waals surface area contributed by atoms with E-state index in [2.05, 4.69) is 9.82 Å². The van der Waals surface area contributed by atoms with E-state index in [4.69, 9.17) is 4.42 Å². The van der Waals surface area contributed by atoms with E-state index in [1.54, 1.807) is 0 Å². The normalized spacial score (nSPS) is 12.8. The van der Waals surface area contributed by atoms with Gasteiger partial charge in [-0.05, 0) is 12.1 Å². The Bertz CT molecular complexity index is 1140. The number of hydrogen-bond donors (Lipinski definition) is 1. The zero-order valence-corrected chi connectivity index (χ0v) is 14.3. The van der Waals surface area contributed by atoms with Gasteiger partial charge in [0.05, 0.1) is 10.4 Å². The predicted octanol–water partition coefficient (Wildman–Crippen LogP) is 1.36. The van der Waals surface area contributed by atoms with E-state index in [0.717, 1.165) is 16.9 Å². The monoisotopic (exact) mass is 390 g/mol. The Morgan fingerprint density at radius 2 is 1.96 bits per heavy atom. The summed E-state index contributed by atoms with van der Waals surface area (Å²) in [7, 11) is -1.37. The van der Waals surface area contributed by atoms with Gasteiger partial charge in [0, 0.05) is 38.5 Å². The van der Waals surface area contributed by atoms with Gasteiger partial charge < -0.3 is 4.42 Å². The standard InChI is InChI=1S/C14H13F3N4O4S/c1-20-7-8(12(19-20)14(15,16)17)6-18-26(23,24)9-3-4-10-11(5-9)25-13(22)21(10)2/h3-5,7,18H,6H2,1-2H3. The van der Waals surface area contributed by atoms with Gasteiger partial charge in [0.2, 0.25) is 10.0 Å². The third-order valence-electron chi connectivity index (χ3n) is 3.70. The molecule has 1 N–H and O–H groups in total. The highest BCUT2D eigenvalue weighted by Gasteiger charge is 2.37.